The lowest BCUT2D eigenvalue weighted by Gasteiger charge is -2.11. The van der Waals surface area contributed by atoms with Crippen molar-refractivity contribution in [2.24, 2.45) is 0 Å². The van der Waals surface area contributed by atoms with Gasteiger partial charge in [0.15, 0.2) is 0 Å². The molecule has 5 aromatic rings. The number of rotatable bonds is 5. The number of nitrogens with zero attached hydrogens (tertiary/aromatic N) is 3. The molecule has 5 rings (SSSR count). The van der Waals surface area contributed by atoms with Crippen LogP contribution in [0.15, 0.2) is 110 Å². The Hall–Kier alpha value is -4.37. The van der Waals surface area contributed by atoms with Crippen LogP contribution in [0, 0.1) is 6.92 Å². The summed E-state index contributed by atoms with van der Waals surface area (Å²) in [6, 6.07) is 29.0. The highest BCUT2D eigenvalue weighted by molar-refractivity contribution is 5.82. The first-order chi connectivity index (χ1) is 16.3. The maximum absolute atomic E-state index is 4.88. The molecule has 3 heterocycles. The number of pyridine rings is 3. The average Bonchev–Trinajstić information content (AvgIpc) is 2.89. The summed E-state index contributed by atoms with van der Waals surface area (Å²) in [5.74, 6) is 0. The predicted molar refractivity (Wildman–Crippen MR) is 136 cm³/mol. The van der Waals surface area contributed by atoms with Gasteiger partial charge >= 0.3 is 0 Å². The van der Waals surface area contributed by atoms with Gasteiger partial charge in [-0.2, -0.15) is 0 Å². The highest BCUT2D eigenvalue weighted by Gasteiger charge is 2.11. The normalized spacial score (nSPS) is 11.1. The minimum absolute atomic E-state index is 0.912. The van der Waals surface area contributed by atoms with Gasteiger partial charge in [0, 0.05) is 47.0 Å². The van der Waals surface area contributed by atoms with Gasteiger partial charge < -0.3 is 0 Å². The Labute approximate surface area is 194 Å². The maximum atomic E-state index is 4.88. The van der Waals surface area contributed by atoms with Gasteiger partial charge in [-0.3, -0.25) is 15.0 Å². The van der Waals surface area contributed by atoms with E-state index >= 15 is 0 Å². The van der Waals surface area contributed by atoms with Gasteiger partial charge in [0.1, 0.15) is 0 Å². The fraction of sp³-hybridized carbons (Fsp3) is 0.0333. The molecule has 0 aliphatic carbocycles. The average molecular weight is 426 g/mol. The molecule has 3 nitrogen and oxygen atoms in total. The van der Waals surface area contributed by atoms with Crippen molar-refractivity contribution >= 4 is 12.2 Å². The van der Waals surface area contributed by atoms with Crippen LogP contribution in [0.3, 0.4) is 0 Å². The van der Waals surface area contributed by atoms with E-state index in [9.17, 15) is 0 Å². The number of hydrogen-bond donors (Lipinski definition) is 0. The van der Waals surface area contributed by atoms with E-state index in [2.05, 4.69) is 60.5 Å². The van der Waals surface area contributed by atoms with Crippen LogP contribution in [0.25, 0.3) is 45.8 Å². The third-order valence-corrected chi connectivity index (χ3v) is 5.57. The van der Waals surface area contributed by atoms with Crippen molar-refractivity contribution in [1.82, 2.24) is 15.0 Å². The lowest BCUT2D eigenvalue weighted by molar-refractivity contribution is 1.23. The quantitative estimate of drug-likeness (QED) is 0.295. The van der Waals surface area contributed by atoms with E-state index in [-0.39, 0.29) is 0 Å². The highest BCUT2D eigenvalue weighted by Crippen LogP contribution is 2.30. The second-order valence-corrected chi connectivity index (χ2v) is 7.90. The summed E-state index contributed by atoms with van der Waals surface area (Å²) >= 11 is 0. The Morgan fingerprint density at radius 3 is 2.00 bits per heavy atom. The lowest BCUT2D eigenvalue weighted by Crippen LogP contribution is -1.95. The topological polar surface area (TPSA) is 38.7 Å². The number of hydrogen-bond acceptors (Lipinski definition) is 3. The molecule has 33 heavy (non-hydrogen) atoms. The van der Waals surface area contributed by atoms with Crippen molar-refractivity contribution in [3.63, 3.8) is 0 Å². The van der Waals surface area contributed by atoms with Crippen molar-refractivity contribution in [2.75, 3.05) is 0 Å². The first kappa shape index (κ1) is 20.5. The van der Waals surface area contributed by atoms with Crippen LogP contribution in [0.5, 0.6) is 0 Å². The number of aromatic nitrogens is 3. The lowest BCUT2D eigenvalue weighted by atomic mass is 9.99. The van der Waals surface area contributed by atoms with Crippen LogP contribution in [0.2, 0.25) is 0 Å². The zero-order valence-corrected chi connectivity index (χ0v) is 18.4. The molecule has 0 aliphatic heterocycles. The van der Waals surface area contributed by atoms with Crippen LogP contribution in [0.4, 0.5) is 0 Å². The molecule has 0 saturated heterocycles. The van der Waals surface area contributed by atoms with Gasteiger partial charge in [0.05, 0.1) is 11.4 Å². The zero-order valence-electron chi connectivity index (χ0n) is 18.4. The van der Waals surface area contributed by atoms with Crippen molar-refractivity contribution in [1.29, 1.82) is 0 Å². The third kappa shape index (κ3) is 4.63. The van der Waals surface area contributed by atoms with Gasteiger partial charge in [0.25, 0.3) is 0 Å². The summed E-state index contributed by atoms with van der Waals surface area (Å²) in [4.78, 5) is 13.9. The summed E-state index contributed by atoms with van der Waals surface area (Å²) in [6.07, 6.45) is 11.7. The fourth-order valence-corrected chi connectivity index (χ4v) is 3.90. The maximum Gasteiger partial charge on any atom is 0.0790 e. The molecule has 0 saturated carbocycles. The second kappa shape index (κ2) is 9.41. The van der Waals surface area contributed by atoms with Crippen LogP contribution in [-0.2, 0) is 0 Å². The molecule has 3 heteroatoms. The predicted octanol–water partition coefficient (Wildman–Crippen LogP) is 7.35. The minimum Gasteiger partial charge on any atom is -0.264 e. The molecule has 0 atom stereocenters. The Bertz CT molecular complexity index is 1390. The molecule has 0 amide bonds. The first-order valence-corrected chi connectivity index (χ1v) is 10.9. The molecule has 2 aromatic carbocycles. The van der Waals surface area contributed by atoms with Crippen molar-refractivity contribution in [2.45, 2.75) is 6.92 Å². The molecule has 0 bridgehead atoms. The fourth-order valence-electron chi connectivity index (χ4n) is 3.90. The highest BCUT2D eigenvalue weighted by atomic mass is 14.7. The van der Waals surface area contributed by atoms with E-state index in [0.29, 0.717) is 0 Å². The Balaban J connectivity index is 1.59. The van der Waals surface area contributed by atoms with E-state index in [1.165, 1.54) is 0 Å². The smallest absolute Gasteiger partial charge is 0.0790 e. The monoisotopic (exact) mass is 425 g/mol. The Morgan fingerprint density at radius 1 is 0.576 bits per heavy atom. The SMILES string of the molecule is Cc1cc(-c2ncc(-c3ccccc3)cc2C=Cc2ccccc2)cnc1-c1cccnc1. The number of benzene rings is 2. The third-order valence-electron chi connectivity index (χ3n) is 5.57. The molecule has 0 aliphatic rings. The summed E-state index contributed by atoms with van der Waals surface area (Å²) < 4.78 is 0. The second-order valence-electron chi connectivity index (χ2n) is 7.90. The van der Waals surface area contributed by atoms with E-state index in [4.69, 9.17) is 9.97 Å². The van der Waals surface area contributed by atoms with Gasteiger partial charge in [-0.1, -0.05) is 72.8 Å². The molecule has 158 valence electrons. The van der Waals surface area contributed by atoms with Crippen molar-refractivity contribution < 1.29 is 0 Å². The number of aryl methyl sites for hydroxylation is 1. The largest absolute Gasteiger partial charge is 0.264 e. The molecule has 0 N–H and O–H groups in total. The Morgan fingerprint density at radius 2 is 1.27 bits per heavy atom. The van der Waals surface area contributed by atoms with E-state index < -0.39 is 0 Å². The molecule has 0 radical (unpaired) electrons. The molecule has 0 unspecified atom stereocenters. The van der Waals surface area contributed by atoms with Crippen LogP contribution < -0.4 is 0 Å². The summed E-state index contributed by atoms with van der Waals surface area (Å²) in [5.41, 5.74) is 9.38. The van der Waals surface area contributed by atoms with Gasteiger partial charge in [0.2, 0.25) is 0 Å². The van der Waals surface area contributed by atoms with Crippen molar-refractivity contribution in [3.8, 4) is 33.6 Å². The molecular weight excluding hydrogens is 402 g/mol. The minimum atomic E-state index is 0.912. The van der Waals surface area contributed by atoms with Gasteiger partial charge in [-0.05, 0) is 47.9 Å². The summed E-state index contributed by atoms with van der Waals surface area (Å²) in [7, 11) is 0. The van der Waals surface area contributed by atoms with Crippen LogP contribution >= 0.6 is 0 Å². The zero-order chi connectivity index (χ0) is 22.5. The molecule has 3 aromatic heterocycles. The van der Waals surface area contributed by atoms with Gasteiger partial charge in [-0.15, -0.1) is 0 Å². The first-order valence-electron chi connectivity index (χ1n) is 10.9. The molecule has 0 spiro atoms. The Kier molecular flexibility index (Phi) is 5.85. The van der Waals surface area contributed by atoms with E-state index in [0.717, 1.165) is 50.3 Å². The van der Waals surface area contributed by atoms with E-state index in [1.807, 2.05) is 67.1 Å². The molecular formula is C30H23N3. The van der Waals surface area contributed by atoms with E-state index in [1.54, 1.807) is 6.20 Å². The standard InChI is InChI=1S/C30H23N3/c1-22-17-28(21-32-29(22)26-13-8-16-31-19-26)30-25(15-14-23-9-4-2-5-10-23)18-27(20-33-30)24-11-6-3-7-12-24/h2-21H,1H3. The van der Waals surface area contributed by atoms with Crippen LogP contribution in [-0.4, -0.2) is 15.0 Å². The van der Waals surface area contributed by atoms with Crippen LogP contribution in [0.1, 0.15) is 16.7 Å². The summed E-state index contributed by atoms with van der Waals surface area (Å²) in [5, 5.41) is 0. The molecule has 0 fully saturated rings. The summed E-state index contributed by atoms with van der Waals surface area (Å²) in [6.45, 7) is 2.08. The van der Waals surface area contributed by atoms with Gasteiger partial charge in [-0.25, -0.2) is 0 Å². The van der Waals surface area contributed by atoms with Crippen molar-refractivity contribution in [3.05, 3.63) is 126 Å².